The highest BCUT2D eigenvalue weighted by Crippen LogP contribution is 2.60. The topological polar surface area (TPSA) is 43.4 Å². The largest absolute Gasteiger partial charge is 0.457 e. The molecule has 3 aliphatic carbocycles. The predicted octanol–water partition coefficient (Wildman–Crippen LogP) is 3.84. The van der Waals surface area contributed by atoms with Gasteiger partial charge in [-0.1, -0.05) is 25.5 Å². The summed E-state index contributed by atoms with van der Waals surface area (Å²) >= 11 is 0. The minimum absolute atomic E-state index is 0.0338. The van der Waals surface area contributed by atoms with Crippen molar-refractivity contribution in [2.24, 2.45) is 23.2 Å². The molecule has 0 aromatic rings. The molecule has 3 nitrogen and oxygen atoms in total. The maximum atomic E-state index is 12.5. The van der Waals surface area contributed by atoms with Crippen LogP contribution >= 0.6 is 0 Å². The number of hydrogen-bond acceptors (Lipinski definition) is 3. The van der Waals surface area contributed by atoms with Crippen molar-refractivity contribution >= 4 is 11.8 Å². The first-order chi connectivity index (χ1) is 10.2. The highest BCUT2D eigenvalue weighted by Gasteiger charge is 2.61. The van der Waals surface area contributed by atoms with E-state index in [9.17, 15) is 9.59 Å². The SMILES string of the molecule is CC(C)=CC1C(C(=O)OC2CC(=O)C(C3CC3)=C2C)C1(C)C. The van der Waals surface area contributed by atoms with Gasteiger partial charge in [0.2, 0.25) is 0 Å². The summed E-state index contributed by atoms with van der Waals surface area (Å²) in [6.07, 6.45) is 4.42. The summed E-state index contributed by atoms with van der Waals surface area (Å²) in [6.45, 7) is 10.3. The van der Waals surface area contributed by atoms with Gasteiger partial charge in [0.1, 0.15) is 6.10 Å². The van der Waals surface area contributed by atoms with Gasteiger partial charge in [-0.05, 0) is 56.4 Å². The average molecular weight is 302 g/mol. The molecule has 0 spiro atoms. The molecule has 3 atom stereocenters. The lowest BCUT2D eigenvalue weighted by molar-refractivity contribution is -0.150. The Kier molecular flexibility index (Phi) is 3.58. The first-order valence-corrected chi connectivity index (χ1v) is 8.33. The van der Waals surface area contributed by atoms with Crippen molar-refractivity contribution in [3.63, 3.8) is 0 Å². The van der Waals surface area contributed by atoms with E-state index in [-0.39, 0.29) is 35.1 Å². The summed E-state index contributed by atoms with van der Waals surface area (Å²) in [4.78, 5) is 24.6. The summed E-state index contributed by atoms with van der Waals surface area (Å²) in [5.41, 5.74) is 3.15. The first kappa shape index (κ1) is 15.5. The normalized spacial score (nSPS) is 33.0. The van der Waals surface area contributed by atoms with Gasteiger partial charge >= 0.3 is 5.97 Å². The van der Waals surface area contributed by atoms with Crippen LogP contribution in [-0.2, 0) is 14.3 Å². The summed E-state index contributed by atoms with van der Waals surface area (Å²) < 4.78 is 5.73. The van der Waals surface area contributed by atoms with Gasteiger partial charge in [-0.15, -0.1) is 0 Å². The zero-order valence-electron chi connectivity index (χ0n) is 14.2. The maximum absolute atomic E-state index is 12.5. The molecule has 0 bridgehead atoms. The Balaban J connectivity index is 1.69. The monoisotopic (exact) mass is 302 g/mol. The molecule has 2 saturated carbocycles. The highest BCUT2D eigenvalue weighted by molar-refractivity contribution is 6.00. The minimum Gasteiger partial charge on any atom is -0.457 e. The van der Waals surface area contributed by atoms with E-state index in [1.54, 1.807) is 0 Å². The van der Waals surface area contributed by atoms with Gasteiger partial charge in [0.25, 0.3) is 0 Å². The quantitative estimate of drug-likeness (QED) is 0.585. The van der Waals surface area contributed by atoms with Crippen LogP contribution in [0.3, 0.4) is 0 Å². The third-order valence-corrected chi connectivity index (χ3v) is 5.50. The Morgan fingerprint density at radius 3 is 2.45 bits per heavy atom. The molecule has 0 aromatic heterocycles. The molecule has 0 aliphatic heterocycles. The Hall–Kier alpha value is -1.38. The van der Waals surface area contributed by atoms with Gasteiger partial charge in [-0.25, -0.2) is 0 Å². The Morgan fingerprint density at radius 2 is 1.91 bits per heavy atom. The van der Waals surface area contributed by atoms with Gasteiger partial charge in [0.05, 0.1) is 12.3 Å². The van der Waals surface area contributed by atoms with E-state index in [2.05, 4.69) is 33.8 Å². The third-order valence-electron chi connectivity index (χ3n) is 5.50. The third kappa shape index (κ3) is 2.55. The summed E-state index contributed by atoms with van der Waals surface area (Å²) in [7, 11) is 0. The molecule has 3 unspecified atom stereocenters. The van der Waals surface area contributed by atoms with Crippen molar-refractivity contribution in [1.82, 2.24) is 0 Å². The number of carbonyl (C=O) groups excluding carboxylic acids is 2. The molecule has 0 amide bonds. The molecule has 3 heteroatoms. The maximum Gasteiger partial charge on any atom is 0.310 e. The fourth-order valence-electron chi connectivity index (χ4n) is 3.89. The molecular formula is C19H26O3. The highest BCUT2D eigenvalue weighted by atomic mass is 16.5. The summed E-state index contributed by atoms with van der Waals surface area (Å²) in [5, 5.41) is 0. The van der Waals surface area contributed by atoms with Crippen LogP contribution in [0.25, 0.3) is 0 Å². The van der Waals surface area contributed by atoms with Crippen molar-refractivity contribution in [2.45, 2.75) is 60.0 Å². The lowest BCUT2D eigenvalue weighted by atomic mass is 10.1. The second kappa shape index (κ2) is 5.07. The molecule has 22 heavy (non-hydrogen) atoms. The Bertz CT molecular complexity index is 586. The Labute approximate surface area is 132 Å². The number of carbonyl (C=O) groups is 2. The van der Waals surface area contributed by atoms with E-state index in [4.69, 9.17) is 4.74 Å². The number of allylic oxidation sites excluding steroid dienone is 3. The van der Waals surface area contributed by atoms with Crippen LogP contribution in [0, 0.1) is 23.2 Å². The van der Waals surface area contributed by atoms with Crippen LogP contribution in [0.15, 0.2) is 22.8 Å². The van der Waals surface area contributed by atoms with E-state index in [0.717, 1.165) is 24.0 Å². The number of rotatable bonds is 4. The van der Waals surface area contributed by atoms with Gasteiger partial charge in [-0.2, -0.15) is 0 Å². The summed E-state index contributed by atoms with van der Waals surface area (Å²) in [5.74, 6) is 0.673. The van der Waals surface area contributed by atoms with E-state index >= 15 is 0 Å². The van der Waals surface area contributed by atoms with Gasteiger partial charge < -0.3 is 4.74 Å². The van der Waals surface area contributed by atoms with Crippen molar-refractivity contribution in [1.29, 1.82) is 0 Å². The van der Waals surface area contributed by atoms with Crippen LogP contribution < -0.4 is 0 Å². The van der Waals surface area contributed by atoms with Gasteiger partial charge in [0.15, 0.2) is 5.78 Å². The van der Waals surface area contributed by atoms with E-state index in [1.807, 2.05) is 6.92 Å². The average Bonchev–Trinajstić information content (AvgIpc) is 3.26. The molecule has 120 valence electrons. The lowest BCUT2D eigenvalue weighted by Crippen LogP contribution is -2.20. The zero-order valence-corrected chi connectivity index (χ0v) is 14.2. The number of ether oxygens (including phenoxy) is 1. The Morgan fingerprint density at radius 1 is 1.27 bits per heavy atom. The second-order valence-electron chi connectivity index (χ2n) is 7.99. The lowest BCUT2D eigenvalue weighted by Gasteiger charge is -2.13. The minimum atomic E-state index is -0.320. The van der Waals surface area contributed by atoms with Crippen molar-refractivity contribution in [3.8, 4) is 0 Å². The summed E-state index contributed by atoms with van der Waals surface area (Å²) in [6, 6.07) is 0. The second-order valence-corrected chi connectivity index (χ2v) is 7.99. The molecule has 0 heterocycles. The first-order valence-electron chi connectivity index (χ1n) is 8.33. The van der Waals surface area contributed by atoms with E-state index in [1.165, 1.54) is 5.57 Å². The molecule has 0 saturated heterocycles. The number of ketones is 1. The van der Waals surface area contributed by atoms with Crippen LogP contribution in [-0.4, -0.2) is 17.9 Å². The number of hydrogen-bond donors (Lipinski definition) is 0. The van der Waals surface area contributed by atoms with Crippen LogP contribution in [0.2, 0.25) is 0 Å². The van der Waals surface area contributed by atoms with Crippen molar-refractivity contribution in [3.05, 3.63) is 22.8 Å². The zero-order chi connectivity index (χ0) is 16.2. The smallest absolute Gasteiger partial charge is 0.310 e. The van der Waals surface area contributed by atoms with Gasteiger partial charge in [0, 0.05) is 5.57 Å². The standard InChI is InChI=1S/C19H26O3/c1-10(2)8-13-17(19(13,4)5)18(21)22-15-9-14(20)16(11(15)3)12-6-7-12/h8,12-13,15,17H,6-7,9H2,1-5H3. The van der Waals surface area contributed by atoms with E-state index < -0.39 is 0 Å². The molecule has 3 aliphatic rings. The number of Topliss-reactive ketones (excluding diaryl/α,β-unsaturated/α-hetero) is 1. The molecule has 3 rings (SSSR count). The van der Waals surface area contributed by atoms with Crippen molar-refractivity contribution < 1.29 is 14.3 Å². The molecular weight excluding hydrogens is 276 g/mol. The molecule has 0 radical (unpaired) electrons. The van der Waals surface area contributed by atoms with Crippen molar-refractivity contribution in [2.75, 3.05) is 0 Å². The fraction of sp³-hybridized carbons (Fsp3) is 0.684. The van der Waals surface area contributed by atoms with Crippen LogP contribution in [0.1, 0.15) is 53.9 Å². The van der Waals surface area contributed by atoms with Crippen LogP contribution in [0.4, 0.5) is 0 Å². The molecule has 0 N–H and O–H groups in total. The predicted molar refractivity (Wildman–Crippen MR) is 85.1 cm³/mol. The molecule has 2 fully saturated rings. The fourth-order valence-corrected chi connectivity index (χ4v) is 3.89. The van der Waals surface area contributed by atoms with Gasteiger partial charge in [-0.3, -0.25) is 9.59 Å². The van der Waals surface area contributed by atoms with E-state index in [0.29, 0.717) is 12.3 Å². The van der Waals surface area contributed by atoms with Crippen LogP contribution in [0.5, 0.6) is 0 Å². The number of esters is 1. The molecule has 0 aromatic carbocycles.